The standard InChI is InChI=1S/C15H21NO4/c1-10(2)20-15(19)12-5-7-13(8-6-12)16-14(18)9-4-11(3)17/h5-8,10-11,17H,4,9H2,1-3H3,(H,16,18). The molecule has 0 saturated carbocycles. The summed E-state index contributed by atoms with van der Waals surface area (Å²) in [7, 11) is 0. The number of anilines is 1. The number of carbonyl (C=O) groups excluding carboxylic acids is 2. The molecule has 1 atom stereocenters. The number of hydrogen-bond donors (Lipinski definition) is 2. The number of esters is 1. The maximum atomic E-state index is 11.6. The molecule has 20 heavy (non-hydrogen) atoms. The van der Waals surface area contributed by atoms with Crippen LogP contribution in [0.25, 0.3) is 0 Å². The van der Waals surface area contributed by atoms with Crippen LogP contribution in [0.2, 0.25) is 0 Å². The van der Waals surface area contributed by atoms with Crippen LogP contribution in [-0.4, -0.2) is 29.2 Å². The van der Waals surface area contributed by atoms with Crippen LogP contribution in [0.5, 0.6) is 0 Å². The van der Waals surface area contributed by atoms with Crippen molar-refractivity contribution >= 4 is 17.6 Å². The van der Waals surface area contributed by atoms with Crippen LogP contribution in [0.3, 0.4) is 0 Å². The third-order valence-electron chi connectivity index (χ3n) is 2.54. The number of amides is 1. The van der Waals surface area contributed by atoms with Gasteiger partial charge in [0.1, 0.15) is 0 Å². The smallest absolute Gasteiger partial charge is 0.338 e. The van der Waals surface area contributed by atoms with Gasteiger partial charge in [0.25, 0.3) is 0 Å². The predicted octanol–water partition coefficient (Wildman–Crippen LogP) is 2.35. The second-order valence-corrected chi connectivity index (χ2v) is 4.97. The van der Waals surface area contributed by atoms with E-state index in [1.807, 2.05) is 0 Å². The summed E-state index contributed by atoms with van der Waals surface area (Å²) in [4.78, 5) is 23.2. The maximum absolute atomic E-state index is 11.6. The molecule has 1 amide bonds. The van der Waals surface area contributed by atoms with E-state index in [1.165, 1.54) is 0 Å². The Bertz CT molecular complexity index is 451. The molecule has 110 valence electrons. The monoisotopic (exact) mass is 279 g/mol. The molecule has 1 unspecified atom stereocenters. The molecule has 0 aliphatic rings. The van der Waals surface area contributed by atoms with E-state index >= 15 is 0 Å². The van der Waals surface area contributed by atoms with Crippen molar-refractivity contribution in [2.75, 3.05) is 5.32 Å². The molecule has 1 aromatic rings. The van der Waals surface area contributed by atoms with Crippen molar-refractivity contribution in [1.29, 1.82) is 0 Å². The maximum Gasteiger partial charge on any atom is 0.338 e. The van der Waals surface area contributed by atoms with E-state index in [4.69, 9.17) is 9.84 Å². The third-order valence-corrected chi connectivity index (χ3v) is 2.54. The number of carbonyl (C=O) groups is 2. The highest BCUT2D eigenvalue weighted by atomic mass is 16.5. The lowest BCUT2D eigenvalue weighted by Gasteiger charge is -2.09. The summed E-state index contributed by atoms with van der Waals surface area (Å²) in [6.07, 6.45) is 0.0238. The largest absolute Gasteiger partial charge is 0.459 e. The first-order valence-electron chi connectivity index (χ1n) is 6.67. The summed E-state index contributed by atoms with van der Waals surface area (Å²) in [5, 5.41) is 11.8. The normalized spacial score (nSPS) is 12.1. The van der Waals surface area contributed by atoms with Crippen LogP contribution >= 0.6 is 0 Å². The van der Waals surface area contributed by atoms with Gasteiger partial charge in [-0.1, -0.05) is 0 Å². The van der Waals surface area contributed by atoms with Gasteiger partial charge in [-0.2, -0.15) is 0 Å². The van der Waals surface area contributed by atoms with Gasteiger partial charge in [-0.05, 0) is 51.5 Å². The third kappa shape index (κ3) is 5.84. The summed E-state index contributed by atoms with van der Waals surface area (Å²) in [6, 6.07) is 6.51. The zero-order valence-corrected chi connectivity index (χ0v) is 12.1. The van der Waals surface area contributed by atoms with Gasteiger partial charge in [0.05, 0.1) is 17.8 Å². The Kier molecular flexibility index (Phi) is 6.18. The molecular formula is C15H21NO4. The van der Waals surface area contributed by atoms with Crippen molar-refractivity contribution in [3.8, 4) is 0 Å². The van der Waals surface area contributed by atoms with E-state index in [-0.39, 0.29) is 24.4 Å². The minimum Gasteiger partial charge on any atom is -0.459 e. The van der Waals surface area contributed by atoms with Crippen molar-refractivity contribution in [1.82, 2.24) is 0 Å². The second kappa shape index (κ2) is 7.65. The summed E-state index contributed by atoms with van der Waals surface area (Å²) in [6.45, 7) is 5.21. The molecular weight excluding hydrogens is 258 g/mol. The van der Waals surface area contributed by atoms with Crippen molar-refractivity contribution < 1.29 is 19.4 Å². The zero-order valence-electron chi connectivity index (χ0n) is 12.1. The Morgan fingerprint density at radius 2 is 1.80 bits per heavy atom. The predicted molar refractivity (Wildman–Crippen MR) is 76.5 cm³/mol. The highest BCUT2D eigenvalue weighted by Gasteiger charge is 2.09. The fraction of sp³-hybridized carbons (Fsp3) is 0.467. The van der Waals surface area contributed by atoms with Gasteiger partial charge in [-0.25, -0.2) is 4.79 Å². The van der Waals surface area contributed by atoms with Gasteiger partial charge < -0.3 is 15.2 Å². The number of benzene rings is 1. The molecule has 5 nitrogen and oxygen atoms in total. The van der Waals surface area contributed by atoms with Crippen LogP contribution in [0.1, 0.15) is 44.0 Å². The Hall–Kier alpha value is -1.88. The van der Waals surface area contributed by atoms with Crippen LogP contribution in [0.4, 0.5) is 5.69 Å². The van der Waals surface area contributed by atoms with E-state index in [0.29, 0.717) is 17.7 Å². The highest BCUT2D eigenvalue weighted by Crippen LogP contribution is 2.12. The molecule has 0 aliphatic heterocycles. The van der Waals surface area contributed by atoms with Crippen LogP contribution in [0.15, 0.2) is 24.3 Å². The van der Waals surface area contributed by atoms with Crippen molar-refractivity contribution in [3.63, 3.8) is 0 Å². The first-order valence-corrected chi connectivity index (χ1v) is 6.67. The second-order valence-electron chi connectivity index (χ2n) is 4.97. The molecule has 0 fully saturated rings. The van der Waals surface area contributed by atoms with E-state index in [1.54, 1.807) is 45.0 Å². The SMILES string of the molecule is CC(O)CCC(=O)Nc1ccc(C(=O)OC(C)C)cc1. The molecule has 0 radical (unpaired) electrons. The first-order chi connectivity index (χ1) is 9.38. The molecule has 5 heteroatoms. The highest BCUT2D eigenvalue weighted by molar-refractivity contribution is 5.93. The first kappa shape index (κ1) is 16.2. The van der Waals surface area contributed by atoms with Crippen LogP contribution in [0, 0.1) is 0 Å². The molecule has 0 spiro atoms. The van der Waals surface area contributed by atoms with Gasteiger partial charge in [-0.3, -0.25) is 4.79 Å². The van der Waals surface area contributed by atoms with E-state index in [9.17, 15) is 9.59 Å². The van der Waals surface area contributed by atoms with Gasteiger partial charge in [0, 0.05) is 12.1 Å². The molecule has 0 aliphatic carbocycles. The van der Waals surface area contributed by atoms with E-state index in [2.05, 4.69) is 5.32 Å². The number of hydrogen-bond acceptors (Lipinski definition) is 4. The Balaban J connectivity index is 2.54. The van der Waals surface area contributed by atoms with E-state index < -0.39 is 6.10 Å². The van der Waals surface area contributed by atoms with Gasteiger partial charge in [0.2, 0.25) is 5.91 Å². The Morgan fingerprint density at radius 3 is 2.30 bits per heavy atom. The average molecular weight is 279 g/mol. The van der Waals surface area contributed by atoms with Crippen molar-refractivity contribution in [2.45, 2.75) is 45.8 Å². The molecule has 0 bridgehead atoms. The molecule has 0 saturated heterocycles. The van der Waals surface area contributed by atoms with E-state index in [0.717, 1.165) is 0 Å². The molecule has 2 N–H and O–H groups in total. The summed E-state index contributed by atoms with van der Waals surface area (Å²) in [5.41, 5.74) is 1.06. The number of rotatable bonds is 6. The summed E-state index contributed by atoms with van der Waals surface area (Å²) >= 11 is 0. The Morgan fingerprint density at radius 1 is 1.20 bits per heavy atom. The molecule has 1 aromatic carbocycles. The lowest BCUT2D eigenvalue weighted by Crippen LogP contribution is -2.14. The van der Waals surface area contributed by atoms with Gasteiger partial charge >= 0.3 is 5.97 Å². The molecule has 0 aromatic heterocycles. The number of aliphatic hydroxyl groups is 1. The quantitative estimate of drug-likeness (QED) is 0.784. The Labute approximate surface area is 118 Å². The van der Waals surface area contributed by atoms with Crippen LogP contribution < -0.4 is 5.32 Å². The fourth-order valence-electron chi connectivity index (χ4n) is 1.54. The number of nitrogens with one attached hydrogen (secondary N) is 1. The minimum atomic E-state index is -0.492. The van der Waals surface area contributed by atoms with Crippen molar-refractivity contribution in [3.05, 3.63) is 29.8 Å². The number of aliphatic hydroxyl groups excluding tert-OH is 1. The molecule has 0 heterocycles. The lowest BCUT2D eigenvalue weighted by molar-refractivity contribution is -0.116. The van der Waals surface area contributed by atoms with Crippen LogP contribution in [-0.2, 0) is 9.53 Å². The number of ether oxygens (including phenoxy) is 1. The zero-order chi connectivity index (χ0) is 15.1. The summed E-state index contributed by atoms with van der Waals surface area (Å²) < 4.78 is 5.07. The minimum absolute atomic E-state index is 0.164. The lowest BCUT2D eigenvalue weighted by atomic mass is 10.2. The summed E-state index contributed by atoms with van der Waals surface area (Å²) in [5.74, 6) is -0.546. The molecule has 1 rings (SSSR count). The topological polar surface area (TPSA) is 75.6 Å². The van der Waals surface area contributed by atoms with Crippen molar-refractivity contribution in [2.24, 2.45) is 0 Å². The van der Waals surface area contributed by atoms with Gasteiger partial charge in [-0.15, -0.1) is 0 Å². The fourth-order valence-corrected chi connectivity index (χ4v) is 1.54. The van der Waals surface area contributed by atoms with Gasteiger partial charge in [0.15, 0.2) is 0 Å². The average Bonchev–Trinajstić information content (AvgIpc) is 2.36.